The second kappa shape index (κ2) is 5.79. The molecule has 6 heteroatoms. The Morgan fingerprint density at radius 3 is 2.33 bits per heavy atom. The number of amides is 1. The third-order valence-electron chi connectivity index (χ3n) is 3.85. The van der Waals surface area contributed by atoms with Crippen LogP contribution in [-0.4, -0.2) is 34.5 Å². The van der Waals surface area contributed by atoms with Gasteiger partial charge in [-0.15, -0.1) is 0 Å². The number of carboxylic acids is 1. The minimum Gasteiger partial charge on any atom is -0.478 e. The standard InChI is InChI=1S/C15H17F2NO3/c1-8(2)13-4-3-5-18(13)14(19)9-6-11(16)12(17)7-10(9)15(20)21/h6-8,13H,3-5H2,1-2H3,(H,20,21). The molecule has 1 aromatic rings. The molecule has 114 valence electrons. The third-order valence-corrected chi connectivity index (χ3v) is 3.85. The quantitative estimate of drug-likeness (QED) is 0.933. The maximum atomic E-state index is 13.4. The third kappa shape index (κ3) is 2.89. The fourth-order valence-electron chi connectivity index (χ4n) is 2.79. The van der Waals surface area contributed by atoms with E-state index in [0.717, 1.165) is 12.8 Å². The molecule has 0 saturated carbocycles. The second-order valence-corrected chi connectivity index (χ2v) is 5.57. The van der Waals surface area contributed by atoms with Gasteiger partial charge in [0.25, 0.3) is 5.91 Å². The Morgan fingerprint density at radius 2 is 1.81 bits per heavy atom. The maximum Gasteiger partial charge on any atom is 0.336 e. The van der Waals surface area contributed by atoms with Gasteiger partial charge in [-0.1, -0.05) is 13.8 Å². The number of nitrogens with zero attached hydrogens (tertiary/aromatic N) is 1. The first kappa shape index (κ1) is 15.4. The molecule has 4 nitrogen and oxygen atoms in total. The van der Waals surface area contributed by atoms with E-state index in [2.05, 4.69) is 0 Å². The molecule has 1 aromatic carbocycles. The summed E-state index contributed by atoms with van der Waals surface area (Å²) in [4.78, 5) is 25.2. The zero-order valence-electron chi connectivity index (χ0n) is 11.9. The Labute approximate surface area is 121 Å². The van der Waals surface area contributed by atoms with Crippen molar-refractivity contribution in [3.8, 4) is 0 Å². The second-order valence-electron chi connectivity index (χ2n) is 5.57. The van der Waals surface area contributed by atoms with Gasteiger partial charge in [0.1, 0.15) is 0 Å². The monoisotopic (exact) mass is 297 g/mol. The van der Waals surface area contributed by atoms with E-state index in [1.165, 1.54) is 0 Å². The summed E-state index contributed by atoms with van der Waals surface area (Å²) in [5, 5.41) is 9.09. The van der Waals surface area contributed by atoms with Crippen molar-refractivity contribution < 1.29 is 23.5 Å². The van der Waals surface area contributed by atoms with Crippen LogP contribution >= 0.6 is 0 Å². The van der Waals surface area contributed by atoms with E-state index in [1.54, 1.807) is 4.90 Å². The number of hydrogen-bond donors (Lipinski definition) is 1. The lowest BCUT2D eigenvalue weighted by molar-refractivity contribution is 0.0656. The molecule has 1 unspecified atom stereocenters. The molecule has 0 bridgehead atoms. The molecule has 1 atom stereocenters. The van der Waals surface area contributed by atoms with E-state index >= 15 is 0 Å². The largest absolute Gasteiger partial charge is 0.478 e. The van der Waals surface area contributed by atoms with Gasteiger partial charge in [-0.25, -0.2) is 13.6 Å². The molecule has 1 saturated heterocycles. The Balaban J connectivity index is 2.43. The topological polar surface area (TPSA) is 57.6 Å². The lowest BCUT2D eigenvalue weighted by Crippen LogP contribution is -2.39. The van der Waals surface area contributed by atoms with Crippen molar-refractivity contribution in [1.29, 1.82) is 0 Å². The number of carboxylic acid groups (broad SMARTS) is 1. The fourth-order valence-corrected chi connectivity index (χ4v) is 2.79. The summed E-state index contributed by atoms with van der Waals surface area (Å²) in [6.07, 6.45) is 1.65. The normalized spacial score (nSPS) is 18.3. The summed E-state index contributed by atoms with van der Waals surface area (Å²) in [7, 11) is 0. The van der Waals surface area contributed by atoms with Crippen molar-refractivity contribution in [2.45, 2.75) is 32.7 Å². The number of rotatable bonds is 3. The number of halogens is 2. The summed E-state index contributed by atoms with van der Waals surface area (Å²) >= 11 is 0. The highest BCUT2D eigenvalue weighted by molar-refractivity contribution is 6.05. The molecule has 1 N–H and O–H groups in total. The highest BCUT2D eigenvalue weighted by Gasteiger charge is 2.33. The molecule has 2 rings (SSSR count). The summed E-state index contributed by atoms with van der Waals surface area (Å²) < 4.78 is 26.6. The molecule has 1 heterocycles. The van der Waals surface area contributed by atoms with E-state index in [4.69, 9.17) is 5.11 Å². The number of benzene rings is 1. The lowest BCUT2D eigenvalue weighted by Gasteiger charge is -2.28. The van der Waals surface area contributed by atoms with Gasteiger partial charge in [-0.05, 0) is 30.9 Å². The van der Waals surface area contributed by atoms with Gasteiger partial charge in [0.05, 0.1) is 11.1 Å². The maximum absolute atomic E-state index is 13.4. The van der Waals surface area contributed by atoms with Crippen molar-refractivity contribution in [3.63, 3.8) is 0 Å². The lowest BCUT2D eigenvalue weighted by atomic mass is 10.00. The minimum atomic E-state index is -1.45. The summed E-state index contributed by atoms with van der Waals surface area (Å²) in [5.74, 6) is -4.27. The van der Waals surface area contributed by atoms with Gasteiger partial charge in [0, 0.05) is 12.6 Å². The van der Waals surface area contributed by atoms with E-state index in [9.17, 15) is 18.4 Å². The molecular weight excluding hydrogens is 280 g/mol. The first-order valence-corrected chi connectivity index (χ1v) is 6.86. The predicted octanol–water partition coefficient (Wildman–Crippen LogP) is 2.92. The van der Waals surface area contributed by atoms with Crippen LogP contribution in [0.2, 0.25) is 0 Å². The highest BCUT2D eigenvalue weighted by atomic mass is 19.2. The van der Waals surface area contributed by atoms with Crippen LogP contribution in [-0.2, 0) is 0 Å². The van der Waals surface area contributed by atoms with Crippen LogP contribution in [0, 0.1) is 17.6 Å². The number of aromatic carboxylic acids is 1. The molecule has 1 aliphatic heterocycles. The van der Waals surface area contributed by atoms with Gasteiger partial charge in [-0.2, -0.15) is 0 Å². The Morgan fingerprint density at radius 1 is 1.24 bits per heavy atom. The number of carbonyl (C=O) groups excluding carboxylic acids is 1. The average Bonchev–Trinajstić information content (AvgIpc) is 2.89. The number of carbonyl (C=O) groups is 2. The van der Waals surface area contributed by atoms with Crippen LogP contribution in [0.15, 0.2) is 12.1 Å². The first-order chi connectivity index (χ1) is 9.82. The first-order valence-electron chi connectivity index (χ1n) is 6.86. The number of hydrogen-bond acceptors (Lipinski definition) is 2. The van der Waals surface area contributed by atoms with Crippen LogP contribution in [0.4, 0.5) is 8.78 Å². The van der Waals surface area contributed by atoms with E-state index in [-0.39, 0.29) is 17.5 Å². The Hall–Kier alpha value is -1.98. The molecule has 0 aromatic heterocycles. The molecule has 1 fully saturated rings. The molecule has 0 radical (unpaired) electrons. The van der Waals surface area contributed by atoms with Gasteiger partial charge < -0.3 is 10.0 Å². The van der Waals surface area contributed by atoms with Crippen LogP contribution < -0.4 is 0 Å². The van der Waals surface area contributed by atoms with Gasteiger partial charge in [0.2, 0.25) is 0 Å². The predicted molar refractivity (Wildman–Crippen MR) is 72.2 cm³/mol. The Kier molecular flexibility index (Phi) is 4.25. The van der Waals surface area contributed by atoms with E-state index in [0.29, 0.717) is 18.7 Å². The SMILES string of the molecule is CC(C)C1CCCN1C(=O)c1cc(F)c(F)cc1C(=O)O. The highest BCUT2D eigenvalue weighted by Crippen LogP contribution is 2.27. The van der Waals surface area contributed by atoms with Gasteiger partial charge >= 0.3 is 5.97 Å². The summed E-state index contributed by atoms with van der Waals surface area (Å²) in [6.45, 7) is 4.44. The van der Waals surface area contributed by atoms with Crippen LogP contribution in [0.3, 0.4) is 0 Å². The molecule has 1 amide bonds. The van der Waals surface area contributed by atoms with Crippen molar-refractivity contribution >= 4 is 11.9 Å². The summed E-state index contributed by atoms with van der Waals surface area (Å²) in [5.41, 5.74) is -0.803. The molecule has 0 spiro atoms. The van der Waals surface area contributed by atoms with E-state index in [1.807, 2.05) is 13.8 Å². The van der Waals surface area contributed by atoms with Crippen LogP contribution in [0.25, 0.3) is 0 Å². The molecule has 21 heavy (non-hydrogen) atoms. The zero-order chi connectivity index (χ0) is 15.7. The van der Waals surface area contributed by atoms with Crippen molar-refractivity contribution in [3.05, 3.63) is 34.9 Å². The van der Waals surface area contributed by atoms with Gasteiger partial charge in [0.15, 0.2) is 11.6 Å². The van der Waals surface area contributed by atoms with Crippen molar-refractivity contribution in [2.24, 2.45) is 5.92 Å². The molecule has 1 aliphatic rings. The average molecular weight is 297 g/mol. The van der Waals surface area contributed by atoms with Crippen molar-refractivity contribution in [2.75, 3.05) is 6.54 Å². The fraction of sp³-hybridized carbons (Fsp3) is 0.467. The number of likely N-dealkylation sites (tertiary alicyclic amines) is 1. The molecular formula is C15H17F2NO3. The summed E-state index contributed by atoms with van der Waals surface area (Å²) in [6, 6.07) is 1.23. The Bertz CT molecular complexity index is 587. The van der Waals surface area contributed by atoms with Gasteiger partial charge in [-0.3, -0.25) is 4.79 Å². The van der Waals surface area contributed by atoms with Crippen molar-refractivity contribution in [1.82, 2.24) is 4.90 Å². The van der Waals surface area contributed by atoms with Crippen LogP contribution in [0.5, 0.6) is 0 Å². The minimum absolute atomic E-state index is 0.00717. The van der Waals surface area contributed by atoms with Crippen LogP contribution in [0.1, 0.15) is 47.4 Å². The zero-order valence-corrected chi connectivity index (χ0v) is 11.9. The smallest absolute Gasteiger partial charge is 0.336 e. The van der Waals surface area contributed by atoms with E-state index < -0.39 is 29.1 Å². The molecule has 0 aliphatic carbocycles.